The van der Waals surface area contributed by atoms with Crippen LogP contribution in [0.5, 0.6) is 0 Å². The Hall–Kier alpha value is -2.28. The number of aliphatic hydroxyl groups is 1. The number of rotatable bonds is 6. The molecule has 7 nitrogen and oxygen atoms in total. The molecule has 2 aromatic rings. The van der Waals surface area contributed by atoms with Gasteiger partial charge < -0.3 is 10.4 Å². The lowest BCUT2D eigenvalue weighted by atomic mass is 9.82. The van der Waals surface area contributed by atoms with E-state index in [1.54, 1.807) is 24.7 Å². The molecule has 2 N–H and O–H groups in total. The molecule has 0 aliphatic heterocycles. The van der Waals surface area contributed by atoms with Crippen molar-refractivity contribution in [1.82, 2.24) is 25.1 Å². The van der Waals surface area contributed by atoms with E-state index in [-0.39, 0.29) is 18.6 Å². The van der Waals surface area contributed by atoms with Gasteiger partial charge in [0.2, 0.25) is 0 Å². The first-order valence-corrected chi connectivity index (χ1v) is 8.50. The number of amides is 1. The van der Waals surface area contributed by atoms with E-state index in [9.17, 15) is 9.90 Å². The average Bonchev–Trinajstić information content (AvgIpc) is 3.17. The second-order valence-electron chi connectivity index (χ2n) is 6.23. The van der Waals surface area contributed by atoms with Crippen molar-refractivity contribution in [2.75, 3.05) is 6.61 Å². The monoisotopic (exact) mass is 329 g/mol. The van der Waals surface area contributed by atoms with Crippen molar-refractivity contribution in [3.8, 4) is 5.82 Å². The fraction of sp³-hybridized carbons (Fsp3) is 0.529. The standard InChI is InChI=1S/C17H23N5O2/c23-9-7-15(13-4-2-1-3-5-13)21-17(24)14-6-8-19-16(10-14)22-12-18-11-20-22/h6,8,10-13,15,23H,1-5,7,9H2,(H,21,24). The molecule has 1 unspecified atom stereocenters. The van der Waals surface area contributed by atoms with Gasteiger partial charge in [0, 0.05) is 24.4 Å². The first kappa shape index (κ1) is 16.6. The van der Waals surface area contributed by atoms with Crippen molar-refractivity contribution >= 4 is 5.91 Å². The fourth-order valence-corrected chi connectivity index (χ4v) is 3.36. The van der Waals surface area contributed by atoms with Gasteiger partial charge in [-0.15, -0.1) is 0 Å². The number of aromatic nitrogens is 4. The van der Waals surface area contributed by atoms with Gasteiger partial charge in [-0.1, -0.05) is 19.3 Å². The number of pyridine rings is 1. The molecule has 2 aromatic heterocycles. The van der Waals surface area contributed by atoms with Crippen LogP contribution >= 0.6 is 0 Å². The van der Waals surface area contributed by atoms with E-state index in [4.69, 9.17) is 0 Å². The van der Waals surface area contributed by atoms with Crippen LogP contribution in [-0.2, 0) is 0 Å². The van der Waals surface area contributed by atoms with E-state index in [2.05, 4.69) is 20.4 Å². The van der Waals surface area contributed by atoms with Crippen LogP contribution in [0.2, 0.25) is 0 Å². The Kier molecular flexibility index (Phi) is 5.53. The van der Waals surface area contributed by atoms with Crippen LogP contribution in [0.25, 0.3) is 5.82 Å². The minimum absolute atomic E-state index is 0.0192. The molecule has 0 spiro atoms. The van der Waals surface area contributed by atoms with Crippen LogP contribution in [0.1, 0.15) is 48.9 Å². The Balaban J connectivity index is 1.71. The molecule has 1 atom stereocenters. The van der Waals surface area contributed by atoms with Gasteiger partial charge in [0.15, 0.2) is 5.82 Å². The van der Waals surface area contributed by atoms with Crippen molar-refractivity contribution < 1.29 is 9.90 Å². The summed E-state index contributed by atoms with van der Waals surface area (Å²) < 4.78 is 1.52. The number of hydrogen-bond donors (Lipinski definition) is 2. The SMILES string of the molecule is O=C(NC(CCO)C1CCCCC1)c1ccnc(-n2cncn2)c1. The van der Waals surface area contributed by atoms with Gasteiger partial charge in [0.25, 0.3) is 5.91 Å². The van der Waals surface area contributed by atoms with Crippen LogP contribution in [-0.4, -0.2) is 43.4 Å². The smallest absolute Gasteiger partial charge is 0.251 e. The molecule has 7 heteroatoms. The summed E-state index contributed by atoms with van der Waals surface area (Å²) in [5.74, 6) is 0.866. The summed E-state index contributed by atoms with van der Waals surface area (Å²) in [7, 11) is 0. The predicted octanol–water partition coefficient (Wildman–Crippen LogP) is 1.72. The van der Waals surface area contributed by atoms with Gasteiger partial charge in [-0.2, -0.15) is 5.10 Å². The lowest BCUT2D eigenvalue weighted by Gasteiger charge is -2.30. The maximum absolute atomic E-state index is 12.6. The van der Waals surface area contributed by atoms with E-state index in [0.29, 0.717) is 23.7 Å². The number of carbonyl (C=O) groups is 1. The Morgan fingerprint density at radius 2 is 2.21 bits per heavy atom. The molecule has 1 amide bonds. The minimum Gasteiger partial charge on any atom is -0.396 e. The summed E-state index contributed by atoms with van der Waals surface area (Å²) in [5, 5.41) is 16.5. The van der Waals surface area contributed by atoms with Crippen LogP contribution in [0, 0.1) is 5.92 Å². The maximum Gasteiger partial charge on any atom is 0.251 e. The minimum atomic E-state index is -0.136. The topological polar surface area (TPSA) is 92.9 Å². The third-order valence-electron chi connectivity index (χ3n) is 4.64. The average molecular weight is 329 g/mol. The molecule has 1 aliphatic rings. The highest BCUT2D eigenvalue weighted by Gasteiger charge is 2.25. The highest BCUT2D eigenvalue weighted by molar-refractivity contribution is 5.94. The number of nitrogens with one attached hydrogen (secondary N) is 1. The summed E-state index contributed by atoms with van der Waals surface area (Å²) >= 11 is 0. The van der Waals surface area contributed by atoms with Crippen LogP contribution in [0.4, 0.5) is 0 Å². The van der Waals surface area contributed by atoms with E-state index < -0.39 is 0 Å². The van der Waals surface area contributed by atoms with E-state index in [1.165, 1.54) is 30.3 Å². The summed E-state index contributed by atoms with van der Waals surface area (Å²) in [6.45, 7) is 0.0853. The van der Waals surface area contributed by atoms with E-state index in [0.717, 1.165) is 12.8 Å². The largest absolute Gasteiger partial charge is 0.396 e. The highest BCUT2D eigenvalue weighted by atomic mass is 16.3. The van der Waals surface area contributed by atoms with E-state index in [1.807, 2.05) is 0 Å². The number of aliphatic hydroxyl groups excluding tert-OH is 1. The van der Waals surface area contributed by atoms with Gasteiger partial charge in [-0.05, 0) is 37.3 Å². The van der Waals surface area contributed by atoms with Crippen molar-refractivity contribution in [3.05, 3.63) is 36.5 Å². The molecule has 0 aromatic carbocycles. The second-order valence-corrected chi connectivity index (χ2v) is 6.23. The van der Waals surface area contributed by atoms with Crippen molar-refractivity contribution in [2.24, 2.45) is 5.92 Å². The Bertz CT molecular complexity index is 653. The van der Waals surface area contributed by atoms with Gasteiger partial charge in [0.05, 0.1) is 0 Å². The first-order chi connectivity index (χ1) is 11.8. The third kappa shape index (κ3) is 3.97. The van der Waals surface area contributed by atoms with Gasteiger partial charge in [-0.3, -0.25) is 4.79 Å². The highest BCUT2D eigenvalue weighted by Crippen LogP contribution is 2.28. The molecule has 128 valence electrons. The summed E-state index contributed by atoms with van der Waals surface area (Å²) in [4.78, 5) is 20.7. The Labute approximate surface area is 141 Å². The molecule has 0 saturated heterocycles. The quantitative estimate of drug-likeness (QED) is 0.842. The van der Waals surface area contributed by atoms with Crippen molar-refractivity contribution in [3.63, 3.8) is 0 Å². The third-order valence-corrected chi connectivity index (χ3v) is 4.64. The molecule has 1 fully saturated rings. The van der Waals surface area contributed by atoms with Crippen LogP contribution < -0.4 is 5.32 Å². The molecule has 0 bridgehead atoms. The lowest BCUT2D eigenvalue weighted by Crippen LogP contribution is -2.41. The molecular weight excluding hydrogens is 306 g/mol. The second kappa shape index (κ2) is 8.01. The van der Waals surface area contributed by atoms with Gasteiger partial charge in [0.1, 0.15) is 12.7 Å². The lowest BCUT2D eigenvalue weighted by molar-refractivity contribution is 0.0899. The molecule has 24 heavy (non-hydrogen) atoms. The maximum atomic E-state index is 12.6. The van der Waals surface area contributed by atoms with E-state index >= 15 is 0 Å². The zero-order chi connectivity index (χ0) is 16.8. The molecule has 2 heterocycles. The van der Waals surface area contributed by atoms with Crippen LogP contribution in [0.3, 0.4) is 0 Å². The number of carbonyl (C=O) groups excluding carboxylic acids is 1. The normalized spacial score (nSPS) is 16.7. The van der Waals surface area contributed by atoms with Gasteiger partial charge in [-0.25, -0.2) is 14.6 Å². The Morgan fingerprint density at radius 3 is 2.92 bits per heavy atom. The van der Waals surface area contributed by atoms with Gasteiger partial charge >= 0.3 is 0 Å². The zero-order valence-electron chi connectivity index (χ0n) is 13.6. The molecular formula is C17H23N5O2. The number of nitrogens with zero attached hydrogens (tertiary/aromatic N) is 4. The Morgan fingerprint density at radius 1 is 1.38 bits per heavy atom. The number of hydrogen-bond acceptors (Lipinski definition) is 5. The summed E-state index contributed by atoms with van der Waals surface area (Å²) in [6, 6.07) is 3.40. The van der Waals surface area contributed by atoms with Crippen molar-refractivity contribution in [1.29, 1.82) is 0 Å². The molecule has 1 saturated carbocycles. The summed E-state index contributed by atoms with van der Waals surface area (Å²) in [5.41, 5.74) is 0.536. The predicted molar refractivity (Wildman–Crippen MR) is 88.7 cm³/mol. The van der Waals surface area contributed by atoms with Crippen LogP contribution in [0.15, 0.2) is 31.0 Å². The molecule has 0 radical (unpaired) electrons. The molecule has 1 aliphatic carbocycles. The fourth-order valence-electron chi connectivity index (χ4n) is 3.36. The summed E-state index contributed by atoms with van der Waals surface area (Å²) in [6.07, 6.45) is 11.1. The first-order valence-electron chi connectivity index (χ1n) is 8.50. The molecule has 3 rings (SSSR count). The zero-order valence-corrected chi connectivity index (χ0v) is 13.6. The van der Waals surface area contributed by atoms with Crippen molar-refractivity contribution in [2.45, 2.75) is 44.6 Å².